The molecule has 0 aliphatic heterocycles. The molecule has 1 saturated carbocycles. The van der Waals surface area contributed by atoms with Gasteiger partial charge in [-0.15, -0.1) is 0 Å². The maximum atomic E-state index is 13.8. The van der Waals surface area contributed by atoms with Crippen molar-refractivity contribution in [2.75, 3.05) is 11.4 Å². The predicted octanol–water partition coefficient (Wildman–Crippen LogP) is 4.75. The molecule has 3 amide bonds. The second-order valence-corrected chi connectivity index (χ2v) is 9.41. The molecule has 3 aromatic rings. The zero-order valence-corrected chi connectivity index (χ0v) is 21.0. The number of carbonyl (C=O) groups excluding carboxylic acids is 3. The Morgan fingerprint density at radius 3 is 2.47 bits per heavy atom. The second-order valence-electron chi connectivity index (χ2n) is 9.41. The van der Waals surface area contributed by atoms with Gasteiger partial charge in [0, 0.05) is 11.7 Å². The summed E-state index contributed by atoms with van der Waals surface area (Å²) in [6.07, 6.45) is 6.50. The second kappa shape index (κ2) is 11.3. The van der Waals surface area contributed by atoms with Gasteiger partial charge in [0.25, 0.3) is 11.8 Å². The van der Waals surface area contributed by atoms with Gasteiger partial charge in [0.2, 0.25) is 5.91 Å². The maximum Gasteiger partial charge on any atom is 0.287 e. The molecule has 1 aliphatic carbocycles. The van der Waals surface area contributed by atoms with Crippen molar-refractivity contribution >= 4 is 23.4 Å². The molecule has 2 aromatic heterocycles. The number of benzene rings is 1. The van der Waals surface area contributed by atoms with Gasteiger partial charge in [0.15, 0.2) is 11.8 Å². The number of hydrogen-bond donors (Lipinski definition) is 2. The fraction of sp³-hybridized carbons (Fsp3) is 0.393. The molecule has 2 heterocycles. The van der Waals surface area contributed by atoms with E-state index >= 15 is 0 Å². The third-order valence-corrected chi connectivity index (χ3v) is 6.53. The van der Waals surface area contributed by atoms with Crippen LogP contribution in [0.4, 0.5) is 5.69 Å². The van der Waals surface area contributed by atoms with Crippen molar-refractivity contribution in [2.45, 2.75) is 65.0 Å². The number of nitrogens with zero attached hydrogens (tertiary/aromatic N) is 1. The van der Waals surface area contributed by atoms with Crippen molar-refractivity contribution < 1.29 is 23.2 Å². The summed E-state index contributed by atoms with van der Waals surface area (Å²) in [6, 6.07) is 11.4. The molecule has 1 fully saturated rings. The lowest BCUT2D eigenvalue weighted by Gasteiger charge is -2.33. The Morgan fingerprint density at radius 2 is 1.81 bits per heavy atom. The average Bonchev–Trinajstić information content (AvgIpc) is 3.55. The van der Waals surface area contributed by atoms with E-state index in [2.05, 4.69) is 10.6 Å². The first-order valence-electron chi connectivity index (χ1n) is 12.4. The standard InChI is InChI=1S/C28H33N3O5/c1-18-11-12-19(2)22(16-18)31(25(32)17-29-27(33)24-10-7-15-35-24)26(23-14-13-20(3)36-23)28(34)30-21-8-5-4-6-9-21/h7,10-16,21,26H,4-6,8-9,17H2,1-3H3,(H,29,33)(H,30,34)/t26-/m1/s1. The minimum Gasteiger partial charge on any atom is -0.464 e. The van der Waals surface area contributed by atoms with Gasteiger partial charge >= 0.3 is 0 Å². The number of amides is 3. The van der Waals surface area contributed by atoms with Gasteiger partial charge in [-0.05, 0) is 75.1 Å². The molecule has 8 heteroatoms. The van der Waals surface area contributed by atoms with E-state index in [1.54, 1.807) is 25.1 Å². The summed E-state index contributed by atoms with van der Waals surface area (Å²) in [5, 5.41) is 5.77. The lowest BCUT2D eigenvalue weighted by atomic mass is 9.95. The summed E-state index contributed by atoms with van der Waals surface area (Å²) < 4.78 is 11.0. The first kappa shape index (κ1) is 25.3. The van der Waals surface area contributed by atoms with Crippen LogP contribution in [0.15, 0.2) is 57.6 Å². The molecule has 0 saturated heterocycles. The average molecular weight is 492 g/mol. The van der Waals surface area contributed by atoms with Crippen molar-refractivity contribution in [2.24, 2.45) is 0 Å². The zero-order chi connectivity index (χ0) is 25.7. The SMILES string of the molecule is Cc1ccc(C)c(N(C(=O)CNC(=O)c2ccco2)[C@@H](C(=O)NC2CCCCC2)c2ccc(C)o2)c1. The van der Waals surface area contributed by atoms with Gasteiger partial charge in [-0.3, -0.25) is 19.3 Å². The van der Waals surface area contributed by atoms with E-state index in [1.165, 1.54) is 17.2 Å². The maximum absolute atomic E-state index is 13.8. The van der Waals surface area contributed by atoms with Crippen molar-refractivity contribution in [3.05, 3.63) is 77.1 Å². The summed E-state index contributed by atoms with van der Waals surface area (Å²) in [5.41, 5.74) is 2.35. The number of hydrogen-bond acceptors (Lipinski definition) is 5. The molecule has 1 aromatic carbocycles. The van der Waals surface area contributed by atoms with Crippen LogP contribution in [0.1, 0.15) is 71.3 Å². The van der Waals surface area contributed by atoms with Crippen LogP contribution >= 0.6 is 0 Å². The Hall–Kier alpha value is -3.81. The molecule has 4 rings (SSSR count). The lowest BCUT2D eigenvalue weighted by molar-refractivity contribution is -0.127. The largest absolute Gasteiger partial charge is 0.464 e. The first-order chi connectivity index (χ1) is 17.3. The Morgan fingerprint density at radius 1 is 1.03 bits per heavy atom. The molecule has 1 aliphatic rings. The molecular weight excluding hydrogens is 458 g/mol. The highest BCUT2D eigenvalue weighted by molar-refractivity contribution is 6.04. The lowest BCUT2D eigenvalue weighted by Crippen LogP contribution is -2.49. The minimum atomic E-state index is -1.03. The summed E-state index contributed by atoms with van der Waals surface area (Å²) in [6.45, 7) is 5.30. The zero-order valence-electron chi connectivity index (χ0n) is 21.0. The molecule has 8 nitrogen and oxygen atoms in total. The van der Waals surface area contributed by atoms with Gasteiger partial charge in [-0.25, -0.2) is 0 Å². The molecule has 1 atom stereocenters. The third kappa shape index (κ3) is 5.87. The van der Waals surface area contributed by atoms with Gasteiger partial charge < -0.3 is 19.5 Å². The Labute approximate surface area is 211 Å². The van der Waals surface area contributed by atoms with Crippen LogP contribution in [0.3, 0.4) is 0 Å². The number of furan rings is 2. The molecule has 0 radical (unpaired) electrons. The fourth-order valence-electron chi connectivity index (χ4n) is 4.63. The molecule has 0 bridgehead atoms. The summed E-state index contributed by atoms with van der Waals surface area (Å²) in [5.74, 6) is -0.141. The summed E-state index contributed by atoms with van der Waals surface area (Å²) in [7, 11) is 0. The van der Waals surface area contributed by atoms with Crippen molar-refractivity contribution in [3.8, 4) is 0 Å². The Bertz CT molecular complexity index is 1210. The fourth-order valence-corrected chi connectivity index (χ4v) is 4.63. The van der Waals surface area contributed by atoms with Crippen LogP contribution < -0.4 is 15.5 Å². The highest BCUT2D eigenvalue weighted by Crippen LogP contribution is 2.33. The Balaban J connectivity index is 1.69. The smallest absolute Gasteiger partial charge is 0.287 e. The predicted molar refractivity (Wildman–Crippen MR) is 136 cm³/mol. The van der Waals surface area contributed by atoms with Gasteiger partial charge in [0.1, 0.15) is 11.5 Å². The number of nitrogens with one attached hydrogen (secondary N) is 2. The van der Waals surface area contributed by atoms with Crippen LogP contribution in [0.2, 0.25) is 0 Å². The van der Waals surface area contributed by atoms with Crippen LogP contribution in [0.25, 0.3) is 0 Å². The van der Waals surface area contributed by atoms with E-state index in [0.717, 1.165) is 43.2 Å². The minimum absolute atomic E-state index is 0.0547. The summed E-state index contributed by atoms with van der Waals surface area (Å²) in [4.78, 5) is 41.5. The van der Waals surface area contributed by atoms with Crippen molar-refractivity contribution in [3.63, 3.8) is 0 Å². The quantitative estimate of drug-likeness (QED) is 0.473. The van der Waals surface area contributed by atoms with E-state index < -0.39 is 17.9 Å². The van der Waals surface area contributed by atoms with Crippen LogP contribution in [0, 0.1) is 20.8 Å². The van der Waals surface area contributed by atoms with E-state index in [0.29, 0.717) is 17.2 Å². The van der Waals surface area contributed by atoms with Crippen molar-refractivity contribution in [1.29, 1.82) is 0 Å². The van der Waals surface area contributed by atoms with Crippen LogP contribution in [-0.2, 0) is 9.59 Å². The highest BCUT2D eigenvalue weighted by atomic mass is 16.3. The van der Waals surface area contributed by atoms with Crippen LogP contribution in [0.5, 0.6) is 0 Å². The van der Waals surface area contributed by atoms with E-state index in [4.69, 9.17) is 8.83 Å². The Kier molecular flexibility index (Phi) is 7.93. The van der Waals surface area contributed by atoms with E-state index in [9.17, 15) is 14.4 Å². The van der Waals surface area contributed by atoms with Crippen molar-refractivity contribution in [1.82, 2.24) is 10.6 Å². The number of carbonyl (C=O) groups is 3. The van der Waals surface area contributed by atoms with Gasteiger partial charge in [-0.1, -0.05) is 31.4 Å². The molecule has 36 heavy (non-hydrogen) atoms. The normalized spacial score (nSPS) is 14.8. The topological polar surface area (TPSA) is 105 Å². The number of aryl methyl sites for hydroxylation is 3. The monoisotopic (exact) mass is 491 g/mol. The molecule has 0 unspecified atom stereocenters. The van der Waals surface area contributed by atoms with E-state index in [1.807, 2.05) is 32.0 Å². The number of anilines is 1. The van der Waals surface area contributed by atoms with Gasteiger partial charge in [-0.2, -0.15) is 0 Å². The molecule has 0 spiro atoms. The summed E-state index contributed by atoms with van der Waals surface area (Å²) >= 11 is 0. The number of rotatable bonds is 8. The molecule has 2 N–H and O–H groups in total. The van der Waals surface area contributed by atoms with E-state index in [-0.39, 0.29) is 24.3 Å². The molecular formula is C28H33N3O5. The van der Waals surface area contributed by atoms with Crippen LogP contribution in [-0.4, -0.2) is 30.3 Å². The highest BCUT2D eigenvalue weighted by Gasteiger charge is 2.37. The molecule has 190 valence electrons. The third-order valence-electron chi connectivity index (χ3n) is 6.53. The van der Waals surface area contributed by atoms with Gasteiger partial charge in [0.05, 0.1) is 12.8 Å². The first-order valence-corrected chi connectivity index (χ1v) is 12.4.